The van der Waals surface area contributed by atoms with E-state index < -0.39 is 5.97 Å². The summed E-state index contributed by atoms with van der Waals surface area (Å²) in [6.07, 6.45) is 1.66. The maximum atomic E-state index is 12.4. The molecule has 33 heavy (non-hydrogen) atoms. The molecule has 0 saturated heterocycles. The van der Waals surface area contributed by atoms with Gasteiger partial charge in [0.15, 0.2) is 17.2 Å². The Morgan fingerprint density at radius 3 is 2.55 bits per heavy atom. The molecule has 9 heteroatoms. The van der Waals surface area contributed by atoms with Crippen molar-refractivity contribution in [3.8, 4) is 11.5 Å². The Labute approximate surface area is 235 Å². The van der Waals surface area contributed by atoms with Crippen LogP contribution >= 0.6 is 77.0 Å². The number of rotatable bonds is 6. The molecular formula is C24H15Br2I2NO4. The van der Waals surface area contributed by atoms with Gasteiger partial charge in [-0.05, 0) is 125 Å². The van der Waals surface area contributed by atoms with Crippen molar-refractivity contribution in [2.24, 2.45) is 4.99 Å². The number of esters is 1. The van der Waals surface area contributed by atoms with Crippen LogP contribution in [-0.4, -0.2) is 19.0 Å². The first-order valence-corrected chi connectivity index (χ1v) is 13.3. The zero-order chi connectivity index (χ0) is 23.5. The van der Waals surface area contributed by atoms with Crippen LogP contribution in [0.1, 0.15) is 16.7 Å². The maximum Gasteiger partial charge on any atom is 0.363 e. The van der Waals surface area contributed by atoms with Gasteiger partial charge in [-0.1, -0.05) is 18.2 Å². The van der Waals surface area contributed by atoms with Gasteiger partial charge in [0.25, 0.3) is 0 Å². The van der Waals surface area contributed by atoms with Crippen molar-refractivity contribution < 1.29 is 19.0 Å². The Hall–Kier alpha value is -1.44. The van der Waals surface area contributed by atoms with Crippen LogP contribution in [0.25, 0.3) is 6.08 Å². The van der Waals surface area contributed by atoms with Crippen molar-refractivity contribution in [3.63, 3.8) is 0 Å². The Morgan fingerprint density at radius 2 is 1.82 bits per heavy atom. The smallest absolute Gasteiger partial charge is 0.363 e. The number of carbonyl (C=O) groups is 1. The zero-order valence-electron chi connectivity index (χ0n) is 17.1. The van der Waals surface area contributed by atoms with Gasteiger partial charge in [-0.15, -0.1) is 0 Å². The lowest BCUT2D eigenvalue weighted by Gasteiger charge is -2.14. The molecule has 0 N–H and O–H groups in total. The van der Waals surface area contributed by atoms with E-state index in [0.717, 1.165) is 28.3 Å². The predicted octanol–water partition coefficient (Wildman–Crippen LogP) is 7.35. The van der Waals surface area contributed by atoms with Gasteiger partial charge in [-0.3, -0.25) is 0 Å². The van der Waals surface area contributed by atoms with Crippen LogP contribution in [-0.2, 0) is 16.1 Å². The highest BCUT2D eigenvalue weighted by atomic mass is 127. The average Bonchev–Trinajstić information content (AvgIpc) is 3.15. The fraction of sp³-hybridized carbons (Fsp3) is 0.0833. The highest BCUT2D eigenvalue weighted by Gasteiger charge is 2.25. The zero-order valence-corrected chi connectivity index (χ0v) is 24.6. The van der Waals surface area contributed by atoms with Gasteiger partial charge in [0, 0.05) is 22.7 Å². The molecule has 168 valence electrons. The van der Waals surface area contributed by atoms with E-state index in [4.69, 9.17) is 14.2 Å². The first-order valence-electron chi connectivity index (χ1n) is 9.57. The molecule has 0 bridgehead atoms. The second-order valence-electron chi connectivity index (χ2n) is 6.88. The highest BCUT2D eigenvalue weighted by Crippen LogP contribution is 2.38. The normalized spacial score (nSPS) is 14.3. The molecule has 0 atom stereocenters. The van der Waals surface area contributed by atoms with E-state index in [1.54, 1.807) is 19.3 Å². The lowest BCUT2D eigenvalue weighted by Crippen LogP contribution is -2.05. The summed E-state index contributed by atoms with van der Waals surface area (Å²) in [4.78, 5) is 16.8. The van der Waals surface area contributed by atoms with Crippen LogP contribution in [0.15, 0.2) is 74.2 Å². The van der Waals surface area contributed by atoms with E-state index in [1.165, 1.54) is 0 Å². The number of ether oxygens (including phenoxy) is 3. The molecule has 1 aliphatic heterocycles. The molecular weight excluding hydrogens is 780 g/mol. The van der Waals surface area contributed by atoms with E-state index in [2.05, 4.69) is 82.0 Å². The summed E-state index contributed by atoms with van der Waals surface area (Å²) in [5.41, 5.74) is 2.73. The highest BCUT2D eigenvalue weighted by molar-refractivity contribution is 14.1. The molecule has 0 aliphatic carbocycles. The molecule has 0 spiro atoms. The standard InChI is InChI=1S/C24H15Br2I2NO4/c1-31-21-10-13(8-17(26)22(21)32-12-15-4-2-3-5-18(15)27)9-20-24(30)33-23(29-20)14-6-7-19(28)16(25)11-14/h2-11H,12H2,1H3/b20-9-. The van der Waals surface area contributed by atoms with Crippen molar-refractivity contribution in [1.82, 2.24) is 0 Å². The number of methoxy groups -OCH3 is 1. The van der Waals surface area contributed by atoms with Crippen LogP contribution in [0.3, 0.4) is 0 Å². The van der Waals surface area contributed by atoms with E-state index in [-0.39, 0.29) is 11.6 Å². The summed E-state index contributed by atoms with van der Waals surface area (Å²) in [5, 5.41) is 0. The van der Waals surface area contributed by atoms with Gasteiger partial charge in [-0.25, -0.2) is 9.79 Å². The van der Waals surface area contributed by atoms with Crippen molar-refractivity contribution in [1.29, 1.82) is 0 Å². The number of halogens is 4. The summed E-state index contributed by atoms with van der Waals surface area (Å²) in [6, 6.07) is 17.3. The molecule has 3 aromatic rings. The van der Waals surface area contributed by atoms with Gasteiger partial charge < -0.3 is 14.2 Å². The summed E-state index contributed by atoms with van der Waals surface area (Å²) in [7, 11) is 1.58. The predicted molar refractivity (Wildman–Crippen MR) is 152 cm³/mol. The van der Waals surface area contributed by atoms with Crippen molar-refractivity contribution in [2.45, 2.75) is 6.61 Å². The second kappa shape index (κ2) is 10.9. The number of benzene rings is 3. The quantitative estimate of drug-likeness (QED) is 0.149. The summed E-state index contributed by atoms with van der Waals surface area (Å²) >= 11 is 11.6. The lowest BCUT2D eigenvalue weighted by molar-refractivity contribution is -0.129. The van der Waals surface area contributed by atoms with E-state index in [1.807, 2.05) is 48.5 Å². The number of cyclic esters (lactones) is 1. The Balaban J connectivity index is 1.60. The number of carbonyl (C=O) groups excluding carboxylic acids is 1. The summed E-state index contributed by atoms with van der Waals surface area (Å²) in [5.74, 6) is 0.890. The molecule has 0 amide bonds. The van der Waals surface area contributed by atoms with Gasteiger partial charge in [0.05, 0.1) is 11.6 Å². The molecule has 4 rings (SSSR count). The summed E-state index contributed by atoms with van der Waals surface area (Å²) in [6.45, 7) is 0.403. The van der Waals surface area contributed by atoms with Crippen LogP contribution in [0.4, 0.5) is 0 Å². The van der Waals surface area contributed by atoms with E-state index in [9.17, 15) is 4.79 Å². The molecule has 1 aliphatic rings. The summed E-state index contributed by atoms with van der Waals surface area (Å²) < 4.78 is 20.8. The molecule has 1 heterocycles. The van der Waals surface area contributed by atoms with E-state index >= 15 is 0 Å². The monoisotopic (exact) mass is 793 g/mol. The first kappa shape index (κ1) is 24.7. The molecule has 0 aromatic heterocycles. The topological polar surface area (TPSA) is 57.1 Å². The van der Waals surface area contributed by atoms with Crippen molar-refractivity contribution in [3.05, 3.63) is 93.1 Å². The van der Waals surface area contributed by atoms with Crippen molar-refractivity contribution in [2.75, 3.05) is 7.11 Å². The fourth-order valence-corrected chi connectivity index (χ4v) is 4.88. The Kier molecular flexibility index (Phi) is 8.13. The second-order valence-corrected chi connectivity index (χ2v) is 10.9. The van der Waals surface area contributed by atoms with Crippen molar-refractivity contribution >= 4 is 95.0 Å². The van der Waals surface area contributed by atoms with Crippen LogP contribution in [0, 0.1) is 7.14 Å². The molecule has 0 unspecified atom stereocenters. The number of nitrogens with zero attached hydrogens (tertiary/aromatic N) is 1. The molecule has 0 saturated carbocycles. The van der Waals surface area contributed by atoms with E-state index in [0.29, 0.717) is 22.6 Å². The number of aliphatic imine (C=N–C) groups is 1. The largest absolute Gasteiger partial charge is 0.493 e. The average molecular weight is 795 g/mol. The molecule has 0 radical (unpaired) electrons. The Bertz CT molecular complexity index is 1310. The van der Waals surface area contributed by atoms with Gasteiger partial charge in [0.2, 0.25) is 5.90 Å². The minimum atomic E-state index is -0.506. The fourth-order valence-electron chi connectivity index (χ4n) is 3.05. The first-order chi connectivity index (χ1) is 15.9. The lowest BCUT2D eigenvalue weighted by atomic mass is 10.1. The van der Waals surface area contributed by atoms with Crippen LogP contribution in [0.5, 0.6) is 11.5 Å². The molecule has 0 fully saturated rings. The van der Waals surface area contributed by atoms with Gasteiger partial charge in [0.1, 0.15) is 6.61 Å². The van der Waals surface area contributed by atoms with Gasteiger partial charge >= 0.3 is 5.97 Å². The van der Waals surface area contributed by atoms with Gasteiger partial charge in [-0.2, -0.15) is 0 Å². The number of hydrogen-bond donors (Lipinski definition) is 0. The molecule has 5 nitrogen and oxygen atoms in total. The maximum absolute atomic E-state index is 12.4. The third-order valence-electron chi connectivity index (χ3n) is 4.67. The van der Waals surface area contributed by atoms with Crippen LogP contribution in [0.2, 0.25) is 0 Å². The Morgan fingerprint density at radius 1 is 1.03 bits per heavy atom. The molecule has 3 aromatic carbocycles. The third-order valence-corrected chi connectivity index (χ3v) is 8.65. The minimum Gasteiger partial charge on any atom is -0.493 e. The SMILES string of the molecule is COc1cc(/C=C2\N=C(c3ccc(I)c(Br)c3)OC2=O)cc(Br)c1OCc1ccccc1I. The third kappa shape index (κ3) is 5.80. The van der Waals surface area contributed by atoms with Crippen LogP contribution < -0.4 is 9.47 Å². The number of hydrogen-bond acceptors (Lipinski definition) is 5. The minimum absolute atomic E-state index is 0.209.